The molecule has 0 spiro atoms. The van der Waals surface area contributed by atoms with Crippen molar-refractivity contribution in [1.82, 2.24) is 15.0 Å². The number of hydrogen-bond acceptors (Lipinski definition) is 7. The first-order valence-corrected chi connectivity index (χ1v) is 9.16. The Labute approximate surface area is 174 Å². The molecule has 0 aliphatic carbocycles. The van der Waals surface area contributed by atoms with Crippen molar-refractivity contribution in [3.8, 4) is 28.6 Å². The van der Waals surface area contributed by atoms with Gasteiger partial charge in [0.1, 0.15) is 5.75 Å². The van der Waals surface area contributed by atoms with Gasteiger partial charge in [-0.15, -0.1) is 0 Å². The van der Waals surface area contributed by atoms with Gasteiger partial charge in [0, 0.05) is 18.7 Å². The van der Waals surface area contributed by atoms with Crippen molar-refractivity contribution in [1.29, 1.82) is 0 Å². The predicted octanol–water partition coefficient (Wildman–Crippen LogP) is 3.43. The van der Waals surface area contributed by atoms with Crippen LogP contribution in [0.4, 0.5) is 0 Å². The number of ether oxygens (including phenoxy) is 3. The van der Waals surface area contributed by atoms with Crippen molar-refractivity contribution in [2.45, 2.75) is 6.54 Å². The van der Waals surface area contributed by atoms with Gasteiger partial charge in [-0.2, -0.15) is 4.98 Å². The molecule has 156 valence electrons. The predicted molar refractivity (Wildman–Crippen MR) is 111 cm³/mol. The number of hydrogen-bond donors (Lipinski definition) is 0. The first-order chi connectivity index (χ1) is 14.5. The lowest BCUT2D eigenvalue weighted by atomic mass is 10.2. The maximum atomic E-state index is 12.4. The van der Waals surface area contributed by atoms with Crippen molar-refractivity contribution in [3.05, 3.63) is 60.0 Å². The summed E-state index contributed by atoms with van der Waals surface area (Å²) in [7, 11) is 6.41. The Morgan fingerprint density at radius 1 is 1.03 bits per heavy atom. The molecule has 8 heteroatoms. The standard InChI is InChI=1S/C22H23N3O5/c1-25(21(26)12-6-15-5-11-18(28-3)19(13-15)29-4)14-20-23-22(24-30-20)16-7-9-17(27-2)10-8-16/h5-13H,14H2,1-4H3/b12-6+. The van der Waals surface area contributed by atoms with E-state index in [1.54, 1.807) is 46.6 Å². The van der Waals surface area contributed by atoms with E-state index in [1.807, 2.05) is 30.3 Å². The normalized spacial score (nSPS) is 10.8. The number of aromatic nitrogens is 2. The van der Waals surface area contributed by atoms with Gasteiger partial charge in [-0.1, -0.05) is 11.2 Å². The summed E-state index contributed by atoms with van der Waals surface area (Å²) in [5.74, 6) is 2.56. The molecule has 1 aromatic heterocycles. The number of benzene rings is 2. The van der Waals surface area contributed by atoms with E-state index in [0.717, 1.165) is 16.9 Å². The van der Waals surface area contributed by atoms with Crippen LogP contribution in [-0.2, 0) is 11.3 Å². The van der Waals surface area contributed by atoms with Crippen LogP contribution in [0, 0.1) is 0 Å². The molecule has 0 saturated carbocycles. The highest BCUT2D eigenvalue weighted by molar-refractivity contribution is 5.91. The Hall–Kier alpha value is -3.81. The third-order valence-corrected chi connectivity index (χ3v) is 4.39. The largest absolute Gasteiger partial charge is 0.497 e. The summed E-state index contributed by atoms with van der Waals surface area (Å²) < 4.78 is 20.9. The summed E-state index contributed by atoms with van der Waals surface area (Å²) >= 11 is 0. The molecule has 1 amide bonds. The average Bonchev–Trinajstić information content (AvgIpc) is 3.25. The molecule has 2 aromatic carbocycles. The first kappa shape index (κ1) is 20.9. The maximum Gasteiger partial charge on any atom is 0.246 e. The van der Waals surface area contributed by atoms with Crippen LogP contribution in [-0.4, -0.2) is 49.3 Å². The average molecular weight is 409 g/mol. The number of rotatable bonds is 8. The fraction of sp³-hybridized carbons (Fsp3) is 0.227. The van der Waals surface area contributed by atoms with E-state index in [2.05, 4.69) is 10.1 Å². The maximum absolute atomic E-state index is 12.4. The van der Waals surface area contributed by atoms with E-state index in [4.69, 9.17) is 18.7 Å². The van der Waals surface area contributed by atoms with Crippen molar-refractivity contribution in [2.24, 2.45) is 0 Å². The van der Waals surface area contributed by atoms with Crippen LogP contribution in [0.2, 0.25) is 0 Å². The van der Waals surface area contributed by atoms with Gasteiger partial charge in [0.05, 0.1) is 27.9 Å². The number of nitrogens with zero attached hydrogens (tertiary/aromatic N) is 3. The van der Waals surface area contributed by atoms with Crippen molar-refractivity contribution in [2.75, 3.05) is 28.4 Å². The number of carbonyl (C=O) groups excluding carboxylic acids is 1. The lowest BCUT2D eigenvalue weighted by Gasteiger charge is -2.12. The molecule has 30 heavy (non-hydrogen) atoms. The molecule has 0 fully saturated rings. The highest BCUT2D eigenvalue weighted by Crippen LogP contribution is 2.28. The molecule has 1 heterocycles. The molecule has 0 radical (unpaired) electrons. The summed E-state index contributed by atoms with van der Waals surface area (Å²) in [6, 6.07) is 12.7. The van der Waals surface area contributed by atoms with Gasteiger partial charge < -0.3 is 23.6 Å². The second-order valence-electron chi connectivity index (χ2n) is 6.38. The second kappa shape index (κ2) is 9.60. The fourth-order valence-corrected chi connectivity index (χ4v) is 2.71. The molecule has 3 rings (SSSR count). The van der Waals surface area contributed by atoms with Crippen LogP contribution in [0.1, 0.15) is 11.5 Å². The molecular formula is C22H23N3O5. The molecule has 0 aliphatic heterocycles. The van der Waals surface area contributed by atoms with Crippen molar-refractivity contribution < 1.29 is 23.5 Å². The van der Waals surface area contributed by atoms with Crippen molar-refractivity contribution in [3.63, 3.8) is 0 Å². The second-order valence-corrected chi connectivity index (χ2v) is 6.38. The SMILES string of the molecule is COc1ccc(-c2noc(CN(C)C(=O)/C=C/c3ccc(OC)c(OC)c3)n2)cc1. The van der Waals surface area contributed by atoms with E-state index < -0.39 is 0 Å². The quantitative estimate of drug-likeness (QED) is 0.527. The number of likely N-dealkylation sites (N-methyl/N-ethyl adjacent to an activating group) is 1. The van der Waals surface area contributed by atoms with E-state index in [0.29, 0.717) is 23.2 Å². The molecule has 0 bridgehead atoms. The molecular weight excluding hydrogens is 386 g/mol. The van der Waals surface area contributed by atoms with E-state index in [1.165, 1.54) is 11.0 Å². The highest BCUT2D eigenvalue weighted by atomic mass is 16.5. The lowest BCUT2D eigenvalue weighted by Crippen LogP contribution is -2.24. The Bertz CT molecular complexity index is 1030. The van der Waals surface area contributed by atoms with Crippen LogP contribution < -0.4 is 14.2 Å². The monoisotopic (exact) mass is 409 g/mol. The van der Waals surface area contributed by atoms with E-state index in [9.17, 15) is 4.79 Å². The molecule has 0 saturated heterocycles. The van der Waals surface area contributed by atoms with Gasteiger partial charge in [0.2, 0.25) is 17.6 Å². The third-order valence-electron chi connectivity index (χ3n) is 4.39. The van der Waals surface area contributed by atoms with Crippen LogP contribution >= 0.6 is 0 Å². The lowest BCUT2D eigenvalue weighted by molar-refractivity contribution is -0.125. The van der Waals surface area contributed by atoms with Crippen molar-refractivity contribution >= 4 is 12.0 Å². The zero-order valence-corrected chi connectivity index (χ0v) is 17.3. The third kappa shape index (κ3) is 4.96. The van der Waals surface area contributed by atoms with Crippen LogP contribution in [0.5, 0.6) is 17.2 Å². The summed E-state index contributed by atoms with van der Waals surface area (Å²) in [4.78, 5) is 18.3. The first-order valence-electron chi connectivity index (χ1n) is 9.16. The Morgan fingerprint density at radius 2 is 1.77 bits per heavy atom. The molecule has 0 atom stereocenters. The number of amides is 1. The Morgan fingerprint density at radius 3 is 2.43 bits per heavy atom. The smallest absolute Gasteiger partial charge is 0.246 e. The number of methoxy groups -OCH3 is 3. The highest BCUT2D eigenvalue weighted by Gasteiger charge is 2.13. The van der Waals surface area contributed by atoms with Gasteiger partial charge in [-0.25, -0.2) is 0 Å². The Balaban J connectivity index is 1.63. The van der Waals surface area contributed by atoms with E-state index in [-0.39, 0.29) is 12.5 Å². The topological polar surface area (TPSA) is 86.9 Å². The van der Waals surface area contributed by atoms with Gasteiger partial charge in [0.15, 0.2) is 11.5 Å². The Kier molecular flexibility index (Phi) is 6.69. The molecule has 3 aromatic rings. The summed E-state index contributed by atoms with van der Waals surface area (Å²) in [5.41, 5.74) is 1.61. The van der Waals surface area contributed by atoms with Crippen LogP contribution in [0.25, 0.3) is 17.5 Å². The van der Waals surface area contributed by atoms with Crippen LogP contribution in [0.3, 0.4) is 0 Å². The van der Waals surface area contributed by atoms with Gasteiger partial charge in [0.25, 0.3) is 0 Å². The van der Waals surface area contributed by atoms with E-state index >= 15 is 0 Å². The minimum Gasteiger partial charge on any atom is -0.497 e. The van der Waals surface area contributed by atoms with Crippen LogP contribution in [0.15, 0.2) is 53.1 Å². The van der Waals surface area contributed by atoms with Gasteiger partial charge in [-0.3, -0.25) is 4.79 Å². The molecule has 8 nitrogen and oxygen atoms in total. The fourth-order valence-electron chi connectivity index (χ4n) is 2.71. The zero-order valence-electron chi connectivity index (χ0n) is 17.3. The summed E-state index contributed by atoms with van der Waals surface area (Å²) in [6.45, 7) is 0.193. The summed E-state index contributed by atoms with van der Waals surface area (Å²) in [6.07, 6.45) is 3.18. The number of carbonyl (C=O) groups is 1. The minimum atomic E-state index is -0.200. The molecule has 0 aliphatic rings. The molecule has 0 unspecified atom stereocenters. The zero-order chi connectivity index (χ0) is 21.5. The van der Waals surface area contributed by atoms with Gasteiger partial charge >= 0.3 is 0 Å². The minimum absolute atomic E-state index is 0.193. The summed E-state index contributed by atoms with van der Waals surface area (Å²) in [5, 5.41) is 3.97. The molecule has 0 N–H and O–H groups in total. The van der Waals surface area contributed by atoms with Gasteiger partial charge in [-0.05, 0) is 48.0 Å².